The normalized spacial score (nSPS) is 17.9. The van der Waals surface area contributed by atoms with E-state index in [-0.39, 0.29) is 17.7 Å². The molecule has 0 aromatic rings. The lowest BCUT2D eigenvalue weighted by molar-refractivity contribution is -0.140. The summed E-state index contributed by atoms with van der Waals surface area (Å²) in [6.45, 7) is 12.8. The van der Waals surface area contributed by atoms with E-state index >= 15 is 0 Å². The summed E-state index contributed by atoms with van der Waals surface area (Å²) in [7, 11) is 0. The molecule has 1 fully saturated rings. The molecule has 0 aromatic heterocycles. The fourth-order valence-electron chi connectivity index (χ4n) is 2.56. The quantitative estimate of drug-likeness (QED) is 0.843. The van der Waals surface area contributed by atoms with E-state index in [1.807, 2.05) is 13.8 Å². The summed E-state index contributed by atoms with van der Waals surface area (Å²) in [6.07, 6.45) is 0.183. The molecule has 1 heterocycles. The molecule has 24 heavy (non-hydrogen) atoms. The Morgan fingerprint density at radius 3 is 2.00 bits per heavy atom. The summed E-state index contributed by atoms with van der Waals surface area (Å²) in [5, 5.41) is 2.72. The Balaban J connectivity index is 2.72. The Labute approximate surface area is 144 Å². The van der Waals surface area contributed by atoms with Gasteiger partial charge in [-0.2, -0.15) is 0 Å². The molecular weight excluding hydrogens is 310 g/mol. The van der Waals surface area contributed by atoms with E-state index in [4.69, 9.17) is 4.74 Å². The third-order valence-corrected chi connectivity index (χ3v) is 4.19. The zero-order valence-corrected chi connectivity index (χ0v) is 15.7. The molecule has 2 atom stereocenters. The number of carbonyl (C=O) groups excluding carboxylic acids is 3. The third kappa shape index (κ3) is 6.02. The van der Waals surface area contributed by atoms with Gasteiger partial charge in [-0.15, -0.1) is 0 Å². The van der Waals surface area contributed by atoms with E-state index in [0.717, 1.165) is 6.42 Å². The molecule has 1 aliphatic heterocycles. The highest BCUT2D eigenvalue weighted by molar-refractivity contribution is 5.86. The molecular formula is C17H31N3O4. The van der Waals surface area contributed by atoms with Crippen LogP contribution in [0.15, 0.2) is 0 Å². The van der Waals surface area contributed by atoms with Crippen molar-refractivity contribution in [2.75, 3.05) is 26.2 Å². The molecule has 0 aliphatic carbocycles. The van der Waals surface area contributed by atoms with E-state index in [2.05, 4.69) is 5.32 Å². The van der Waals surface area contributed by atoms with E-state index < -0.39 is 17.7 Å². The molecule has 7 heteroatoms. The highest BCUT2D eigenvalue weighted by atomic mass is 16.6. The lowest BCUT2D eigenvalue weighted by Crippen LogP contribution is -2.57. The van der Waals surface area contributed by atoms with Crippen LogP contribution < -0.4 is 5.32 Å². The lowest BCUT2D eigenvalue weighted by Gasteiger charge is -2.37. The van der Waals surface area contributed by atoms with Crippen molar-refractivity contribution in [2.45, 2.75) is 59.6 Å². The van der Waals surface area contributed by atoms with Crippen molar-refractivity contribution in [1.29, 1.82) is 0 Å². The molecule has 1 unspecified atom stereocenters. The van der Waals surface area contributed by atoms with Crippen LogP contribution in [0.25, 0.3) is 0 Å². The van der Waals surface area contributed by atoms with Gasteiger partial charge in [0.1, 0.15) is 11.6 Å². The van der Waals surface area contributed by atoms with Crippen LogP contribution in [-0.2, 0) is 14.3 Å². The average Bonchev–Trinajstić information content (AvgIpc) is 2.49. The zero-order chi connectivity index (χ0) is 18.5. The first-order chi connectivity index (χ1) is 11.0. The van der Waals surface area contributed by atoms with Gasteiger partial charge >= 0.3 is 6.09 Å². The summed E-state index contributed by atoms with van der Waals surface area (Å²) in [6, 6.07) is -0.617. The Hall–Kier alpha value is -1.79. The monoisotopic (exact) mass is 341 g/mol. The summed E-state index contributed by atoms with van der Waals surface area (Å²) in [5.74, 6) is -0.0956. The van der Waals surface area contributed by atoms with Crippen molar-refractivity contribution in [3.05, 3.63) is 0 Å². The Bertz CT molecular complexity index is 465. The summed E-state index contributed by atoms with van der Waals surface area (Å²) < 4.78 is 5.28. The van der Waals surface area contributed by atoms with E-state index in [1.54, 1.807) is 30.6 Å². The van der Waals surface area contributed by atoms with Crippen molar-refractivity contribution in [3.8, 4) is 0 Å². The Morgan fingerprint density at radius 1 is 1.08 bits per heavy atom. The van der Waals surface area contributed by atoms with Crippen molar-refractivity contribution in [3.63, 3.8) is 0 Å². The van der Waals surface area contributed by atoms with Crippen molar-refractivity contribution >= 4 is 17.9 Å². The van der Waals surface area contributed by atoms with Crippen molar-refractivity contribution in [1.82, 2.24) is 15.1 Å². The lowest BCUT2D eigenvalue weighted by atomic mass is 9.97. The predicted octanol–water partition coefficient (Wildman–Crippen LogP) is 1.62. The molecule has 1 rings (SSSR count). The standard InChI is InChI=1S/C17H31N3O4/c1-7-12(2)14(18-16(23)24-17(4,5)6)15(22)20-10-8-19(9-11-20)13(3)21/h12,14H,7-11H2,1-6H3,(H,18,23)/t12?,14-/m0/s1. The first-order valence-corrected chi connectivity index (χ1v) is 8.59. The second kappa shape index (κ2) is 8.35. The van der Waals surface area contributed by atoms with E-state index in [1.165, 1.54) is 6.92 Å². The van der Waals surface area contributed by atoms with Gasteiger partial charge in [0.15, 0.2) is 0 Å². The molecule has 1 aliphatic rings. The molecule has 0 aromatic carbocycles. The fourth-order valence-corrected chi connectivity index (χ4v) is 2.56. The fraction of sp³-hybridized carbons (Fsp3) is 0.824. The number of carbonyl (C=O) groups is 3. The first kappa shape index (κ1) is 20.3. The number of hydrogen-bond donors (Lipinski definition) is 1. The molecule has 0 spiro atoms. The van der Waals surface area contributed by atoms with Gasteiger partial charge in [-0.1, -0.05) is 20.3 Å². The second-order valence-corrected chi connectivity index (χ2v) is 7.34. The number of hydrogen-bond acceptors (Lipinski definition) is 4. The third-order valence-electron chi connectivity index (χ3n) is 4.19. The number of nitrogens with zero attached hydrogens (tertiary/aromatic N) is 2. The van der Waals surface area contributed by atoms with Crippen molar-refractivity contribution in [2.24, 2.45) is 5.92 Å². The van der Waals surface area contributed by atoms with Gasteiger partial charge in [-0.25, -0.2) is 4.79 Å². The number of alkyl carbamates (subject to hydrolysis) is 1. The number of nitrogens with one attached hydrogen (secondary N) is 1. The molecule has 138 valence electrons. The summed E-state index contributed by atoms with van der Waals surface area (Å²) in [4.78, 5) is 39.7. The highest BCUT2D eigenvalue weighted by Crippen LogP contribution is 2.14. The van der Waals surface area contributed by atoms with Crippen LogP contribution in [0, 0.1) is 5.92 Å². The number of piperazine rings is 1. The maximum Gasteiger partial charge on any atom is 0.408 e. The first-order valence-electron chi connectivity index (χ1n) is 8.59. The Morgan fingerprint density at radius 2 is 1.58 bits per heavy atom. The summed E-state index contributed by atoms with van der Waals surface area (Å²) in [5.41, 5.74) is -0.611. The predicted molar refractivity (Wildman–Crippen MR) is 91.4 cm³/mol. The van der Waals surface area contributed by atoms with Gasteiger partial charge in [0.2, 0.25) is 11.8 Å². The molecule has 1 N–H and O–H groups in total. The second-order valence-electron chi connectivity index (χ2n) is 7.34. The summed E-state index contributed by atoms with van der Waals surface area (Å²) >= 11 is 0. The zero-order valence-electron chi connectivity index (χ0n) is 15.7. The van der Waals surface area contributed by atoms with Gasteiger partial charge in [-0.3, -0.25) is 9.59 Å². The van der Waals surface area contributed by atoms with Gasteiger partial charge in [0, 0.05) is 33.1 Å². The van der Waals surface area contributed by atoms with Crippen LogP contribution in [-0.4, -0.2) is 65.5 Å². The molecule has 0 bridgehead atoms. The van der Waals surface area contributed by atoms with Gasteiger partial charge < -0.3 is 19.9 Å². The molecule has 3 amide bonds. The highest BCUT2D eigenvalue weighted by Gasteiger charge is 2.33. The maximum absolute atomic E-state index is 12.8. The van der Waals surface area contributed by atoms with E-state index in [9.17, 15) is 14.4 Å². The van der Waals surface area contributed by atoms with E-state index in [0.29, 0.717) is 26.2 Å². The van der Waals surface area contributed by atoms with Crippen LogP contribution in [0.5, 0.6) is 0 Å². The molecule has 1 saturated heterocycles. The topological polar surface area (TPSA) is 79.0 Å². The molecule has 0 radical (unpaired) electrons. The maximum atomic E-state index is 12.8. The molecule has 7 nitrogen and oxygen atoms in total. The average molecular weight is 341 g/mol. The van der Waals surface area contributed by atoms with Gasteiger partial charge in [-0.05, 0) is 26.7 Å². The SMILES string of the molecule is CCC(C)[C@H](NC(=O)OC(C)(C)C)C(=O)N1CCN(C(C)=O)CC1. The van der Waals surface area contributed by atoms with Crippen LogP contribution in [0.4, 0.5) is 4.79 Å². The van der Waals surface area contributed by atoms with Crippen LogP contribution >= 0.6 is 0 Å². The largest absolute Gasteiger partial charge is 0.444 e. The minimum Gasteiger partial charge on any atom is -0.444 e. The van der Waals surface area contributed by atoms with Crippen molar-refractivity contribution < 1.29 is 19.1 Å². The minimum atomic E-state index is -0.617. The Kier molecular flexibility index (Phi) is 7.05. The minimum absolute atomic E-state index is 0.00384. The smallest absolute Gasteiger partial charge is 0.408 e. The van der Waals surface area contributed by atoms with Crippen LogP contribution in [0.3, 0.4) is 0 Å². The number of ether oxygens (including phenoxy) is 1. The van der Waals surface area contributed by atoms with Crippen LogP contribution in [0.2, 0.25) is 0 Å². The number of rotatable bonds is 4. The number of amides is 3. The molecule has 0 saturated carbocycles. The van der Waals surface area contributed by atoms with Crippen LogP contribution in [0.1, 0.15) is 48.0 Å². The van der Waals surface area contributed by atoms with Gasteiger partial charge in [0.05, 0.1) is 0 Å². The van der Waals surface area contributed by atoms with Gasteiger partial charge in [0.25, 0.3) is 0 Å².